The third-order valence-electron chi connectivity index (χ3n) is 5.23. The Labute approximate surface area is 143 Å². The van der Waals surface area contributed by atoms with Gasteiger partial charge in [0.1, 0.15) is 5.54 Å². The van der Waals surface area contributed by atoms with Crippen LogP contribution in [0.15, 0.2) is 46.9 Å². The number of nitrogens with one attached hydrogen (secondary N) is 3. The van der Waals surface area contributed by atoms with E-state index in [-0.39, 0.29) is 5.54 Å². The molecule has 2 unspecified atom stereocenters. The predicted octanol–water partition coefficient (Wildman–Crippen LogP) is 4.13. The Morgan fingerprint density at radius 3 is 2.96 bits per heavy atom. The lowest BCUT2D eigenvalue weighted by atomic mass is 9.80. The fourth-order valence-electron chi connectivity index (χ4n) is 4.32. The van der Waals surface area contributed by atoms with Crippen molar-refractivity contribution in [1.29, 1.82) is 0 Å². The molecule has 3 nitrogen and oxygen atoms in total. The highest BCUT2D eigenvalue weighted by Gasteiger charge is 2.46. The van der Waals surface area contributed by atoms with Crippen molar-refractivity contribution in [2.45, 2.75) is 24.9 Å². The van der Waals surface area contributed by atoms with Crippen LogP contribution in [0.1, 0.15) is 23.7 Å². The van der Waals surface area contributed by atoms with E-state index in [0.717, 1.165) is 17.4 Å². The number of aromatic amines is 1. The summed E-state index contributed by atoms with van der Waals surface area (Å²) in [5.41, 5.74) is 6.38. The number of hydrogen-bond donors (Lipinski definition) is 3. The van der Waals surface area contributed by atoms with E-state index in [9.17, 15) is 0 Å². The van der Waals surface area contributed by atoms with Crippen LogP contribution in [-0.4, -0.2) is 17.6 Å². The Bertz CT molecular complexity index is 930. The largest absolute Gasteiger partial charge is 0.382 e. The highest BCUT2D eigenvalue weighted by Crippen LogP contribution is 2.46. The van der Waals surface area contributed by atoms with Gasteiger partial charge in [-0.15, -0.1) is 0 Å². The maximum absolute atomic E-state index is 3.88. The second kappa shape index (κ2) is 4.62. The molecule has 0 amide bonds. The molecular formula is C19H18BrN3. The molecule has 2 aliphatic rings. The van der Waals surface area contributed by atoms with Crippen molar-refractivity contribution in [3.8, 4) is 0 Å². The maximum Gasteiger partial charge on any atom is 0.104 e. The summed E-state index contributed by atoms with van der Waals surface area (Å²) in [6, 6.07) is 15.6. The molecule has 0 fully saturated rings. The van der Waals surface area contributed by atoms with Crippen LogP contribution in [0, 0.1) is 0 Å². The topological polar surface area (TPSA) is 39.9 Å². The lowest BCUT2D eigenvalue weighted by Crippen LogP contribution is -2.53. The number of halogens is 1. The van der Waals surface area contributed by atoms with Gasteiger partial charge in [0.05, 0.1) is 0 Å². The quantitative estimate of drug-likeness (QED) is 0.558. The molecule has 2 aromatic carbocycles. The van der Waals surface area contributed by atoms with E-state index in [1.807, 2.05) is 0 Å². The number of benzene rings is 2. The van der Waals surface area contributed by atoms with Crippen LogP contribution in [0.5, 0.6) is 0 Å². The lowest BCUT2D eigenvalue weighted by Gasteiger charge is -2.38. The first-order chi connectivity index (χ1) is 11.2. The standard InChI is InChI=1S/C19H18BrN3/c1-11-8-14-13-4-2-3-5-16(13)22-18(14)19(23-11)10-21-17-7-6-12(20)9-15(17)19/h2-7,9,11,21-23H,8,10H2,1H3. The first-order valence-electron chi connectivity index (χ1n) is 8.09. The minimum atomic E-state index is -0.175. The average molecular weight is 368 g/mol. The van der Waals surface area contributed by atoms with Gasteiger partial charge in [-0.2, -0.15) is 0 Å². The molecule has 23 heavy (non-hydrogen) atoms. The molecule has 0 radical (unpaired) electrons. The van der Waals surface area contributed by atoms with Gasteiger partial charge >= 0.3 is 0 Å². The molecule has 5 rings (SSSR count). The molecule has 1 spiro atoms. The molecule has 2 atom stereocenters. The van der Waals surface area contributed by atoms with Crippen molar-refractivity contribution in [1.82, 2.24) is 10.3 Å². The zero-order valence-electron chi connectivity index (χ0n) is 12.9. The molecule has 0 saturated carbocycles. The fourth-order valence-corrected chi connectivity index (χ4v) is 4.69. The van der Waals surface area contributed by atoms with Gasteiger partial charge in [-0.1, -0.05) is 34.1 Å². The van der Waals surface area contributed by atoms with Gasteiger partial charge in [-0.05, 0) is 43.2 Å². The first kappa shape index (κ1) is 13.6. The molecule has 0 bridgehead atoms. The van der Waals surface area contributed by atoms with Gasteiger partial charge in [0.2, 0.25) is 0 Å². The second-order valence-corrected chi connectivity index (χ2v) is 7.64. The number of fused-ring (bicyclic) bond motifs is 6. The Kier molecular flexibility index (Phi) is 2.74. The zero-order valence-corrected chi connectivity index (χ0v) is 14.5. The van der Waals surface area contributed by atoms with E-state index in [0.29, 0.717) is 6.04 Å². The maximum atomic E-state index is 3.88. The Morgan fingerprint density at radius 2 is 2.04 bits per heavy atom. The molecule has 0 saturated heterocycles. The predicted molar refractivity (Wildman–Crippen MR) is 98.0 cm³/mol. The van der Waals surface area contributed by atoms with Crippen molar-refractivity contribution in [2.24, 2.45) is 0 Å². The molecule has 2 aliphatic heterocycles. The number of rotatable bonds is 0. The SMILES string of the molecule is CC1Cc2c([nH]c3ccccc23)C2(CNc3ccc(Br)cc32)N1. The summed E-state index contributed by atoms with van der Waals surface area (Å²) in [4.78, 5) is 3.71. The smallest absolute Gasteiger partial charge is 0.104 e. The molecule has 3 heterocycles. The minimum Gasteiger partial charge on any atom is -0.382 e. The van der Waals surface area contributed by atoms with Gasteiger partial charge in [0.25, 0.3) is 0 Å². The summed E-state index contributed by atoms with van der Waals surface area (Å²) in [5.74, 6) is 0. The molecule has 3 aromatic rings. The molecule has 1 aromatic heterocycles. The third-order valence-corrected chi connectivity index (χ3v) is 5.72. The molecular weight excluding hydrogens is 350 g/mol. The summed E-state index contributed by atoms with van der Waals surface area (Å²) in [7, 11) is 0. The summed E-state index contributed by atoms with van der Waals surface area (Å²) in [6.07, 6.45) is 1.06. The van der Waals surface area contributed by atoms with Crippen molar-refractivity contribution < 1.29 is 0 Å². The minimum absolute atomic E-state index is 0.175. The monoisotopic (exact) mass is 367 g/mol. The average Bonchev–Trinajstić information content (AvgIpc) is 3.08. The van der Waals surface area contributed by atoms with Crippen LogP contribution in [0.25, 0.3) is 10.9 Å². The van der Waals surface area contributed by atoms with Crippen LogP contribution in [0.2, 0.25) is 0 Å². The number of aromatic nitrogens is 1. The lowest BCUT2D eigenvalue weighted by molar-refractivity contribution is 0.345. The van der Waals surface area contributed by atoms with Crippen LogP contribution in [-0.2, 0) is 12.0 Å². The van der Waals surface area contributed by atoms with Crippen LogP contribution >= 0.6 is 15.9 Å². The Morgan fingerprint density at radius 1 is 1.17 bits per heavy atom. The van der Waals surface area contributed by atoms with Gasteiger partial charge in [-0.25, -0.2) is 0 Å². The number of anilines is 1. The number of hydrogen-bond acceptors (Lipinski definition) is 2. The van der Waals surface area contributed by atoms with Gasteiger partial charge < -0.3 is 10.3 Å². The number of para-hydroxylation sites is 1. The molecule has 116 valence electrons. The van der Waals surface area contributed by atoms with Crippen LogP contribution < -0.4 is 10.6 Å². The van der Waals surface area contributed by atoms with Crippen molar-refractivity contribution in [3.05, 3.63) is 63.8 Å². The summed E-state index contributed by atoms with van der Waals surface area (Å²) >= 11 is 3.64. The van der Waals surface area contributed by atoms with Crippen LogP contribution in [0.4, 0.5) is 5.69 Å². The van der Waals surface area contributed by atoms with Gasteiger partial charge in [-0.3, -0.25) is 5.32 Å². The third kappa shape index (κ3) is 1.79. The summed E-state index contributed by atoms with van der Waals surface area (Å²) in [6.45, 7) is 3.16. The summed E-state index contributed by atoms with van der Waals surface area (Å²) < 4.78 is 1.12. The van der Waals surface area contributed by atoms with E-state index >= 15 is 0 Å². The van der Waals surface area contributed by atoms with Crippen LogP contribution in [0.3, 0.4) is 0 Å². The Balaban J connectivity index is 1.83. The highest BCUT2D eigenvalue weighted by atomic mass is 79.9. The van der Waals surface area contributed by atoms with Crippen molar-refractivity contribution in [3.63, 3.8) is 0 Å². The zero-order chi connectivity index (χ0) is 15.6. The first-order valence-corrected chi connectivity index (χ1v) is 8.88. The summed E-state index contributed by atoms with van der Waals surface area (Å²) in [5, 5.41) is 8.83. The molecule has 3 N–H and O–H groups in total. The van der Waals surface area contributed by atoms with E-state index in [1.165, 1.54) is 33.4 Å². The van der Waals surface area contributed by atoms with E-state index < -0.39 is 0 Å². The van der Waals surface area contributed by atoms with Gasteiger partial charge in [0, 0.05) is 44.9 Å². The second-order valence-electron chi connectivity index (χ2n) is 6.72. The molecule has 4 heteroatoms. The van der Waals surface area contributed by atoms with Crippen molar-refractivity contribution in [2.75, 3.05) is 11.9 Å². The highest BCUT2D eigenvalue weighted by molar-refractivity contribution is 9.10. The van der Waals surface area contributed by atoms with Gasteiger partial charge in [0.15, 0.2) is 0 Å². The van der Waals surface area contributed by atoms with E-state index in [4.69, 9.17) is 0 Å². The number of H-pyrrole nitrogens is 1. The Hall–Kier alpha value is -1.78. The van der Waals surface area contributed by atoms with E-state index in [1.54, 1.807) is 0 Å². The molecule has 0 aliphatic carbocycles. The fraction of sp³-hybridized carbons (Fsp3) is 0.263. The normalized spacial score (nSPS) is 25.4. The van der Waals surface area contributed by atoms with Crippen molar-refractivity contribution >= 4 is 32.5 Å². The van der Waals surface area contributed by atoms with E-state index in [2.05, 4.69) is 80.9 Å².